The first-order valence-electron chi connectivity index (χ1n) is 7.15. The van der Waals surface area contributed by atoms with Crippen molar-refractivity contribution in [2.24, 2.45) is 5.73 Å². The molecule has 0 bridgehead atoms. The molecule has 1 atom stereocenters. The van der Waals surface area contributed by atoms with Crippen molar-refractivity contribution in [3.63, 3.8) is 0 Å². The Hall–Kier alpha value is -1.01. The van der Waals surface area contributed by atoms with Gasteiger partial charge in [-0.1, -0.05) is 31.0 Å². The average Bonchev–Trinajstić information content (AvgIpc) is 2.46. The van der Waals surface area contributed by atoms with E-state index in [4.69, 9.17) is 26.8 Å². The van der Waals surface area contributed by atoms with Gasteiger partial charge in [0, 0.05) is 6.61 Å². The third-order valence-electron chi connectivity index (χ3n) is 2.84. The van der Waals surface area contributed by atoms with E-state index >= 15 is 0 Å². The van der Waals surface area contributed by atoms with Gasteiger partial charge < -0.3 is 20.5 Å². The van der Waals surface area contributed by atoms with Gasteiger partial charge in [0.1, 0.15) is 6.61 Å². The van der Waals surface area contributed by atoms with Crippen molar-refractivity contribution in [2.45, 2.75) is 32.7 Å². The molecule has 0 saturated carbocycles. The number of rotatable bonds is 9. The van der Waals surface area contributed by atoms with Gasteiger partial charge in [-0.2, -0.15) is 0 Å². The number of nitrogens with two attached hydrogens (primary N) is 1. The smallest absolute Gasteiger partial charge is 0.241 e. The first-order chi connectivity index (χ1) is 10.1. The van der Waals surface area contributed by atoms with Gasteiger partial charge in [-0.05, 0) is 25.5 Å². The van der Waals surface area contributed by atoms with Gasteiger partial charge in [0.15, 0.2) is 5.75 Å². The Morgan fingerprint density at radius 3 is 2.73 bits per heavy atom. The zero-order chi connectivity index (χ0) is 15.7. The fourth-order valence-corrected chi connectivity index (χ4v) is 2.00. The molecule has 1 aromatic carbocycles. The van der Waals surface area contributed by atoms with Crippen molar-refractivity contribution >= 4 is 35.6 Å². The lowest BCUT2D eigenvalue weighted by atomic mass is 10.1. The van der Waals surface area contributed by atoms with E-state index in [0.29, 0.717) is 42.7 Å². The molecule has 1 unspecified atom stereocenters. The van der Waals surface area contributed by atoms with Gasteiger partial charge in [0.25, 0.3) is 0 Å². The number of carbonyl (C=O) groups excluding carboxylic acids is 1. The van der Waals surface area contributed by atoms with E-state index in [0.717, 1.165) is 6.42 Å². The highest BCUT2D eigenvalue weighted by molar-refractivity contribution is 6.32. The minimum Gasteiger partial charge on any atom is -0.487 e. The molecule has 7 heteroatoms. The van der Waals surface area contributed by atoms with Gasteiger partial charge >= 0.3 is 0 Å². The highest BCUT2D eigenvalue weighted by Gasteiger charge is 2.16. The predicted octanol–water partition coefficient (Wildman–Crippen LogP) is 3.24. The number of para-hydroxylation sites is 1. The molecule has 1 rings (SSSR count). The lowest BCUT2D eigenvalue weighted by Crippen LogP contribution is -2.35. The van der Waals surface area contributed by atoms with Gasteiger partial charge in [-0.25, -0.2) is 0 Å². The summed E-state index contributed by atoms with van der Waals surface area (Å²) in [6.07, 6.45) is 1.48. The Bertz CT molecular complexity index is 458. The largest absolute Gasteiger partial charge is 0.487 e. The Labute approximate surface area is 142 Å². The van der Waals surface area contributed by atoms with E-state index < -0.39 is 6.04 Å². The number of anilines is 1. The number of ether oxygens (including phenoxy) is 2. The molecule has 0 aliphatic heterocycles. The van der Waals surface area contributed by atoms with E-state index in [2.05, 4.69) is 5.32 Å². The lowest BCUT2D eigenvalue weighted by molar-refractivity contribution is -0.117. The zero-order valence-corrected chi connectivity index (χ0v) is 14.5. The fourth-order valence-electron chi connectivity index (χ4n) is 1.77. The third-order valence-corrected chi connectivity index (χ3v) is 3.14. The number of hydrogen-bond acceptors (Lipinski definition) is 4. The normalized spacial score (nSPS) is 11.5. The first kappa shape index (κ1) is 21.0. The van der Waals surface area contributed by atoms with Crippen molar-refractivity contribution in [1.82, 2.24) is 0 Å². The van der Waals surface area contributed by atoms with Crippen LogP contribution in [0.4, 0.5) is 5.69 Å². The number of carbonyl (C=O) groups is 1. The second-order valence-electron chi connectivity index (χ2n) is 4.55. The second kappa shape index (κ2) is 11.5. The standard InChI is InChI=1S/C15H23ClN2O3.ClH/c1-3-6-12(17)15(19)18-13-8-5-7-11(16)14(13)21-10-9-20-4-2;/h5,7-8,12H,3-4,6,9-10,17H2,1-2H3,(H,18,19);1H. The number of hydrogen-bond donors (Lipinski definition) is 2. The molecule has 0 spiro atoms. The first-order valence-corrected chi connectivity index (χ1v) is 7.53. The topological polar surface area (TPSA) is 73.6 Å². The number of benzene rings is 1. The van der Waals surface area contributed by atoms with E-state index in [1.807, 2.05) is 13.8 Å². The summed E-state index contributed by atoms with van der Waals surface area (Å²) in [5, 5.41) is 3.20. The van der Waals surface area contributed by atoms with Gasteiger partial charge in [0.05, 0.1) is 23.4 Å². The summed E-state index contributed by atoms with van der Waals surface area (Å²) in [6, 6.07) is 4.65. The summed E-state index contributed by atoms with van der Waals surface area (Å²) >= 11 is 6.12. The molecule has 126 valence electrons. The molecular formula is C15H24Cl2N2O3. The highest BCUT2D eigenvalue weighted by Crippen LogP contribution is 2.33. The van der Waals surface area contributed by atoms with Crippen molar-refractivity contribution < 1.29 is 14.3 Å². The van der Waals surface area contributed by atoms with Crippen LogP contribution >= 0.6 is 24.0 Å². The van der Waals surface area contributed by atoms with Crippen LogP contribution < -0.4 is 15.8 Å². The van der Waals surface area contributed by atoms with Crippen LogP contribution in [0.5, 0.6) is 5.75 Å². The third kappa shape index (κ3) is 6.83. The molecule has 1 aromatic rings. The number of nitrogens with one attached hydrogen (secondary N) is 1. The molecule has 0 fully saturated rings. The molecule has 0 aliphatic carbocycles. The molecule has 0 heterocycles. The predicted molar refractivity (Wildman–Crippen MR) is 92.2 cm³/mol. The maximum absolute atomic E-state index is 12.0. The van der Waals surface area contributed by atoms with Crippen LogP contribution in [-0.2, 0) is 9.53 Å². The summed E-state index contributed by atoms with van der Waals surface area (Å²) < 4.78 is 10.8. The van der Waals surface area contributed by atoms with Crippen LogP contribution in [0.1, 0.15) is 26.7 Å². The van der Waals surface area contributed by atoms with Crippen LogP contribution in [0.2, 0.25) is 5.02 Å². The molecule has 1 amide bonds. The quantitative estimate of drug-likeness (QED) is 0.670. The highest BCUT2D eigenvalue weighted by atomic mass is 35.5. The SMILES string of the molecule is CCCC(N)C(=O)Nc1cccc(Cl)c1OCCOCC.Cl. The molecular weight excluding hydrogens is 327 g/mol. The molecule has 0 radical (unpaired) electrons. The molecule has 22 heavy (non-hydrogen) atoms. The van der Waals surface area contributed by atoms with Crippen LogP contribution in [0.15, 0.2) is 18.2 Å². The van der Waals surface area contributed by atoms with Crippen LogP contribution in [0.25, 0.3) is 0 Å². The second-order valence-corrected chi connectivity index (χ2v) is 4.95. The summed E-state index contributed by atoms with van der Waals surface area (Å²) in [5.41, 5.74) is 6.32. The molecule has 0 saturated heterocycles. The summed E-state index contributed by atoms with van der Waals surface area (Å²) in [6.45, 7) is 5.35. The summed E-state index contributed by atoms with van der Waals surface area (Å²) in [5.74, 6) is 0.199. The molecule has 5 nitrogen and oxygen atoms in total. The van der Waals surface area contributed by atoms with Crippen molar-refractivity contribution in [1.29, 1.82) is 0 Å². The van der Waals surface area contributed by atoms with Gasteiger partial charge in [-0.3, -0.25) is 4.79 Å². The molecule has 0 aliphatic rings. The van der Waals surface area contributed by atoms with Crippen LogP contribution in [-0.4, -0.2) is 31.8 Å². The summed E-state index contributed by atoms with van der Waals surface area (Å²) in [4.78, 5) is 12.0. The maximum atomic E-state index is 12.0. The van der Waals surface area contributed by atoms with E-state index in [-0.39, 0.29) is 18.3 Å². The van der Waals surface area contributed by atoms with Crippen molar-refractivity contribution in [3.05, 3.63) is 23.2 Å². The zero-order valence-electron chi connectivity index (χ0n) is 12.9. The van der Waals surface area contributed by atoms with E-state index in [1.165, 1.54) is 0 Å². The minimum absolute atomic E-state index is 0. The van der Waals surface area contributed by atoms with E-state index in [9.17, 15) is 4.79 Å². The van der Waals surface area contributed by atoms with Gasteiger partial charge in [-0.15, -0.1) is 12.4 Å². The lowest BCUT2D eigenvalue weighted by Gasteiger charge is -2.16. The monoisotopic (exact) mass is 350 g/mol. The fraction of sp³-hybridized carbons (Fsp3) is 0.533. The molecule has 3 N–H and O–H groups in total. The average molecular weight is 351 g/mol. The van der Waals surface area contributed by atoms with Gasteiger partial charge in [0.2, 0.25) is 5.91 Å². The van der Waals surface area contributed by atoms with Crippen molar-refractivity contribution in [2.75, 3.05) is 25.1 Å². The Morgan fingerprint density at radius 1 is 1.36 bits per heavy atom. The Kier molecular flexibility index (Phi) is 11.0. The maximum Gasteiger partial charge on any atom is 0.241 e. The van der Waals surface area contributed by atoms with Crippen LogP contribution in [0, 0.1) is 0 Å². The Morgan fingerprint density at radius 2 is 2.09 bits per heavy atom. The Balaban J connectivity index is 0.00000441. The minimum atomic E-state index is -0.537. The summed E-state index contributed by atoms with van der Waals surface area (Å²) in [7, 11) is 0. The van der Waals surface area contributed by atoms with Crippen molar-refractivity contribution in [3.8, 4) is 5.75 Å². The molecule has 0 aromatic heterocycles. The van der Waals surface area contributed by atoms with Crippen LogP contribution in [0.3, 0.4) is 0 Å². The van der Waals surface area contributed by atoms with E-state index in [1.54, 1.807) is 18.2 Å². The number of halogens is 2. The number of amides is 1.